The lowest BCUT2D eigenvalue weighted by atomic mass is 10.2. The molecule has 1 aromatic rings. The highest BCUT2D eigenvalue weighted by Gasteiger charge is 2.24. The van der Waals surface area contributed by atoms with Gasteiger partial charge in [-0.1, -0.05) is 52.9 Å². The first-order chi connectivity index (χ1) is 7.83. The van der Waals surface area contributed by atoms with Gasteiger partial charge in [0.25, 0.3) is 0 Å². The van der Waals surface area contributed by atoms with E-state index < -0.39 is 0 Å². The van der Waals surface area contributed by atoms with E-state index in [-0.39, 0.29) is 4.05 Å². The van der Waals surface area contributed by atoms with Gasteiger partial charge in [0.15, 0.2) is 6.19 Å². The van der Waals surface area contributed by atoms with Gasteiger partial charge in [-0.05, 0) is 5.56 Å². The molecular formula is C11H11IN4. The molecule has 2 rings (SSSR count). The van der Waals surface area contributed by atoms with E-state index in [0.29, 0.717) is 5.96 Å². The lowest BCUT2D eigenvalue weighted by Crippen LogP contribution is -2.36. The second-order valence-corrected chi connectivity index (χ2v) is 4.56. The Balaban J connectivity index is 2.14. The number of guanidine groups is 1. The molecule has 0 spiro atoms. The van der Waals surface area contributed by atoms with Gasteiger partial charge in [-0.15, -0.1) is 0 Å². The van der Waals surface area contributed by atoms with Crippen LogP contribution in [-0.4, -0.2) is 23.9 Å². The number of nitriles is 1. The molecule has 1 aromatic carbocycles. The molecule has 1 unspecified atom stereocenters. The van der Waals surface area contributed by atoms with Crippen molar-refractivity contribution in [2.24, 2.45) is 4.99 Å². The molecule has 82 valence electrons. The predicted molar refractivity (Wildman–Crippen MR) is 71.0 cm³/mol. The number of benzene rings is 1. The summed E-state index contributed by atoms with van der Waals surface area (Å²) in [5.74, 6) is 0.672. The summed E-state index contributed by atoms with van der Waals surface area (Å²) >= 11 is 2.36. The van der Waals surface area contributed by atoms with E-state index in [1.807, 2.05) is 24.4 Å². The summed E-state index contributed by atoms with van der Waals surface area (Å²) in [5, 5.41) is 11.2. The number of halogens is 1. The standard InChI is InChI=1S/C11H11IN4/c12-10(9-4-2-1-3-5-9)16-7-6-14-11(16)15-8-13/h1-5,10H,6-7H2,(H,14,15). The van der Waals surface area contributed by atoms with Gasteiger partial charge < -0.3 is 4.90 Å². The van der Waals surface area contributed by atoms with E-state index in [1.54, 1.807) is 0 Å². The van der Waals surface area contributed by atoms with Gasteiger partial charge in [-0.3, -0.25) is 10.3 Å². The van der Waals surface area contributed by atoms with Crippen LogP contribution >= 0.6 is 22.6 Å². The number of rotatable bonds is 2. The lowest BCUT2D eigenvalue weighted by Gasteiger charge is -2.25. The van der Waals surface area contributed by atoms with Crippen LogP contribution in [0.1, 0.15) is 9.61 Å². The highest BCUT2D eigenvalue weighted by atomic mass is 127. The SMILES string of the molecule is N#CNC1=NCCN1C(I)c1ccccc1. The average molecular weight is 326 g/mol. The molecule has 0 aromatic heterocycles. The highest BCUT2D eigenvalue weighted by molar-refractivity contribution is 14.1. The minimum absolute atomic E-state index is 0.209. The van der Waals surface area contributed by atoms with Crippen LogP contribution in [0.4, 0.5) is 0 Å². The maximum atomic E-state index is 8.63. The Morgan fingerprint density at radius 1 is 1.44 bits per heavy atom. The third-order valence-corrected chi connectivity index (χ3v) is 3.78. The lowest BCUT2D eigenvalue weighted by molar-refractivity contribution is 0.447. The molecule has 0 amide bonds. The molecule has 1 heterocycles. The normalized spacial score (nSPS) is 16.5. The van der Waals surface area contributed by atoms with E-state index in [4.69, 9.17) is 5.26 Å². The smallest absolute Gasteiger partial charge is 0.208 e. The van der Waals surface area contributed by atoms with Crippen LogP contribution in [0, 0.1) is 11.5 Å². The quantitative estimate of drug-likeness (QED) is 0.297. The van der Waals surface area contributed by atoms with E-state index in [1.165, 1.54) is 5.56 Å². The van der Waals surface area contributed by atoms with Gasteiger partial charge >= 0.3 is 0 Å². The summed E-state index contributed by atoms with van der Waals surface area (Å²) in [6.45, 7) is 1.60. The fourth-order valence-electron chi connectivity index (χ4n) is 1.63. The molecule has 0 saturated heterocycles. The molecule has 0 aliphatic carbocycles. The van der Waals surface area contributed by atoms with Crippen LogP contribution in [0.15, 0.2) is 35.3 Å². The van der Waals surface area contributed by atoms with Crippen molar-refractivity contribution in [2.45, 2.75) is 4.05 Å². The van der Waals surface area contributed by atoms with Crippen molar-refractivity contribution in [3.8, 4) is 6.19 Å². The molecule has 4 nitrogen and oxygen atoms in total. The summed E-state index contributed by atoms with van der Waals surface area (Å²) in [5.41, 5.74) is 1.22. The molecule has 0 bridgehead atoms. The Hall–Kier alpha value is -1.29. The van der Waals surface area contributed by atoms with Crippen molar-refractivity contribution in [1.29, 1.82) is 5.26 Å². The van der Waals surface area contributed by atoms with E-state index in [2.05, 4.69) is 49.9 Å². The predicted octanol–water partition coefficient (Wildman–Crippen LogP) is 1.86. The van der Waals surface area contributed by atoms with Crippen LogP contribution in [0.2, 0.25) is 0 Å². The van der Waals surface area contributed by atoms with Crippen molar-refractivity contribution < 1.29 is 0 Å². The Morgan fingerprint density at radius 2 is 2.19 bits per heavy atom. The summed E-state index contributed by atoms with van der Waals surface area (Å²) in [7, 11) is 0. The largest absolute Gasteiger partial charge is 0.324 e. The Morgan fingerprint density at radius 3 is 2.88 bits per heavy atom. The number of hydrogen-bond donors (Lipinski definition) is 1. The number of nitrogens with zero attached hydrogens (tertiary/aromatic N) is 3. The molecular weight excluding hydrogens is 315 g/mol. The van der Waals surface area contributed by atoms with Crippen molar-refractivity contribution in [3.63, 3.8) is 0 Å². The van der Waals surface area contributed by atoms with Gasteiger partial charge in [0.2, 0.25) is 5.96 Å². The van der Waals surface area contributed by atoms with Gasteiger partial charge in [0.1, 0.15) is 4.05 Å². The molecule has 0 radical (unpaired) electrons. The van der Waals surface area contributed by atoms with Crippen LogP contribution in [0.25, 0.3) is 0 Å². The zero-order chi connectivity index (χ0) is 11.4. The molecule has 5 heteroatoms. The number of alkyl halides is 1. The minimum Gasteiger partial charge on any atom is -0.324 e. The maximum absolute atomic E-state index is 8.63. The second-order valence-electron chi connectivity index (χ2n) is 3.38. The van der Waals surface area contributed by atoms with Gasteiger partial charge in [0, 0.05) is 6.54 Å². The van der Waals surface area contributed by atoms with E-state index in [9.17, 15) is 0 Å². The first kappa shape index (κ1) is 11.2. The number of hydrogen-bond acceptors (Lipinski definition) is 4. The van der Waals surface area contributed by atoms with Crippen molar-refractivity contribution in [2.75, 3.05) is 13.1 Å². The van der Waals surface area contributed by atoms with Crippen LogP contribution in [0.5, 0.6) is 0 Å². The Bertz CT molecular complexity index is 423. The Kier molecular flexibility index (Phi) is 3.62. The third-order valence-electron chi connectivity index (χ3n) is 2.39. The molecule has 1 atom stereocenters. The number of aliphatic imine (C=N–C) groups is 1. The van der Waals surface area contributed by atoms with Crippen LogP contribution < -0.4 is 5.32 Å². The van der Waals surface area contributed by atoms with Crippen LogP contribution in [0.3, 0.4) is 0 Å². The van der Waals surface area contributed by atoms with Crippen molar-refractivity contribution in [3.05, 3.63) is 35.9 Å². The molecule has 1 N–H and O–H groups in total. The fourth-order valence-corrected chi connectivity index (χ4v) is 2.59. The molecule has 0 fully saturated rings. The summed E-state index contributed by atoms with van der Waals surface area (Å²) in [6, 6.07) is 10.2. The summed E-state index contributed by atoms with van der Waals surface area (Å²) in [6.07, 6.45) is 1.92. The van der Waals surface area contributed by atoms with Gasteiger partial charge in [-0.25, -0.2) is 0 Å². The van der Waals surface area contributed by atoms with E-state index >= 15 is 0 Å². The highest BCUT2D eigenvalue weighted by Crippen LogP contribution is 2.28. The maximum Gasteiger partial charge on any atom is 0.208 e. The Labute approximate surface area is 108 Å². The van der Waals surface area contributed by atoms with Crippen molar-refractivity contribution >= 4 is 28.6 Å². The second kappa shape index (κ2) is 5.16. The molecule has 16 heavy (non-hydrogen) atoms. The minimum atomic E-state index is 0.209. The third kappa shape index (κ3) is 2.27. The zero-order valence-corrected chi connectivity index (χ0v) is 10.8. The van der Waals surface area contributed by atoms with Crippen LogP contribution in [-0.2, 0) is 0 Å². The molecule has 1 aliphatic rings. The molecule has 0 saturated carbocycles. The summed E-state index contributed by atoms with van der Waals surface area (Å²) in [4.78, 5) is 6.35. The monoisotopic (exact) mass is 326 g/mol. The van der Waals surface area contributed by atoms with Crippen molar-refractivity contribution in [1.82, 2.24) is 10.2 Å². The number of nitrogens with one attached hydrogen (secondary N) is 1. The van der Waals surface area contributed by atoms with E-state index in [0.717, 1.165) is 13.1 Å². The molecule has 1 aliphatic heterocycles. The van der Waals surface area contributed by atoms with Gasteiger partial charge in [-0.2, -0.15) is 5.26 Å². The first-order valence-electron chi connectivity index (χ1n) is 4.98. The summed E-state index contributed by atoms with van der Waals surface area (Å²) < 4.78 is 0.209. The average Bonchev–Trinajstić information content (AvgIpc) is 2.78. The van der Waals surface area contributed by atoms with Gasteiger partial charge in [0.05, 0.1) is 6.54 Å². The fraction of sp³-hybridized carbons (Fsp3) is 0.273. The first-order valence-corrected chi connectivity index (χ1v) is 6.22. The topological polar surface area (TPSA) is 51.4 Å². The zero-order valence-electron chi connectivity index (χ0n) is 8.60.